The Kier molecular flexibility index (Phi) is 6.27. The fraction of sp³-hybridized carbons (Fsp3) is 0.562. The van der Waals surface area contributed by atoms with Crippen molar-refractivity contribution in [3.63, 3.8) is 0 Å². The quantitative estimate of drug-likeness (QED) is 0.848. The number of nitrogens with one attached hydrogen (secondary N) is 1. The number of aryl methyl sites for hydroxylation is 1. The maximum atomic E-state index is 13.0. The van der Waals surface area contributed by atoms with Crippen LogP contribution in [0.3, 0.4) is 0 Å². The molecule has 1 aromatic carbocycles. The molecule has 1 rings (SSSR count). The van der Waals surface area contributed by atoms with Gasteiger partial charge in [0.15, 0.2) is 11.6 Å². The third-order valence-electron chi connectivity index (χ3n) is 3.07. The molecule has 2 N–H and O–H groups in total. The highest BCUT2D eigenvalue weighted by molar-refractivity contribution is 5.76. The van der Waals surface area contributed by atoms with E-state index in [4.69, 9.17) is 0 Å². The number of carbonyl (C=O) groups is 1. The Morgan fingerprint density at radius 1 is 1.29 bits per heavy atom. The fourth-order valence-corrected chi connectivity index (χ4v) is 2.15. The first-order valence-electron chi connectivity index (χ1n) is 7.05. The van der Waals surface area contributed by atoms with Crippen molar-refractivity contribution in [1.82, 2.24) is 5.32 Å². The number of aliphatic hydroxyl groups excluding tert-OH is 1. The minimum atomic E-state index is -0.908. The molecule has 0 saturated carbocycles. The maximum Gasteiger partial charge on any atom is 0.220 e. The predicted octanol–water partition coefficient (Wildman–Crippen LogP) is 2.81. The molecule has 1 atom stereocenters. The van der Waals surface area contributed by atoms with Crippen LogP contribution in [-0.4, -0.2) is 23.7 Å². The molecule has 5 heteroatoms. The largest absolute Gasteiger partial charge is 0.394 e. The van der Waals surface area contributed by atoms with Gasteiger partial charge in [0.1, 0.15) is 0 Å². The van der Waals surface area contributed by atoms with Gasteiger partial charge in [-0.1, -0.05) is 26.8 Å². The molecule has 0 spiro atoms. The summed E-state index contributed by atoms with van der Waals surface area (Å²) in [5.41, 5.74) is 0.571. The van der Waals surface area contributed by atoms with E-state index < -0.39 is 11.6 Å². The molecule has 0 heterocycles. The van der Waals surface area contributed by atoms with Crippen molar-refractivity contribution in [2.24, 2.45) is 5.41 Å². The summed E-state index contributed by atoms with van der Waals surface area (Å²) in [6.07, 6.45) is 1.17. The number of aliphatic hydroxyl groups is 1. The molecule has 3 nitrogen and oxygen atoms in total. The van der Waals surface area contributed by atoms with Crippen molar-refractivity contribution in [2.75, 3.05) is 6.61 Å². The molecular formula is C16H23F2NO2. The van der Waals surface area contributed by atoms with E-state index in [1.807, 2.05) is 20.8 Å². The van der Waals surface area contributed by atoms with E-state index >= 15 is 0 Å². The summed E-state index contributed by atoms with van der Waals surface area (Å²) >= 11 is 0. The average Bonchev–Trinajstić information content (AvgIpc) is 2.38. The van der Waals surface area contributed by atoms with Crippen molar-refractivity contribution in [3.05, 3.63) is 35.4 Å². The number of benzene rings is 1. The first-order chi connectivity index (χ1) is 9.71. The van der Waals surface area contributed by atoms with Crippen molar-refractivity contribution >= 4 is 5.91 Å². The topological polar surface area (TPSA) is 49.3 Å². The monoisotopic (exact) mass is 299 g/mol. The minimum Gasteiger partial charge on any atom is -0.394 e. The normalized spacial score (nSPS) is 13.0. The number of rotatable bonds is 6. The Morgan fingerprint density at radius 2 is 1.95 bits per heavy atom. The second-order valence-electron chi connectivity index (χ2n) is 6.46. The average molecular weight is 299 g/mol. The third-order valence-corrected chi connectivity index (χ3v) is 3.07. The second-order valence-corrected chi connectivity index (χ2v) is 6.46. The zero-order valence-electron chi connectivity index (χ0n) is 12.7. The molecule has 21 heavy (non-hydrogen) atoms. The lowest BCUT2D eigenvalue weighted by atomic mass is 9.88. The van der Waals surface area contributed by atoms with Crippen LogP contribution in [0.4, 0.5) is 8.78 Å². The Balaban J connectivity index is 2.47. The van der Waals surface area contributed by atoms with Crippen LogP contribution >= 0.6 is 0 Å². The zero-order valence-corrected chi connectivity index (χ0v) is 12.7. The summed E-state index contributed by atoms with van der Waals surface area (Å²) in [4.78, 5) is 11.8. The lowest BCUT2D eigenvalue weighted by molar-refractivity contribution is -0.122. The van der Waals surface area contributed by atoms with Crippen LogP contribution in [0.5, 0.6) is 0 Å². The molecule has 0 radical (unpaired) electrons. The van der Waals surface area contributed by atoms with Gasteiger partial charge < -0.3 is 10.4 Å². The highest BCUT2D eigenvalue weighted by Crippen LogP contribution is 2.20. The van der Waals surface area contributed by atoms with Crippen molar-refractivity contribution < 1.29 is 18.7 Å². The van der Waals surface area contributed by atoms with Gasteiger partial charge in [-0.2, -0.15) is 0 Å². The van der Waals surface area contributed by atoms with Crippen LogP contribution in [-0.2, 0) is 11.2 Å². The number of amides is 1. The van der Waals surface area contributed by atoms with Gasteiger partial charge in [-0.05, 0) is 36.0 Å². The van der Waals surface area contributed by atoms with Gasteiger partial charge in [0.05, 0.1) is 12.6 Å². The van der Waals surface area contributed by atoms with Gasteiger partial charge in [-0.25, -0.2) is 8.78 Å². The standard InChI is InChI=1S/C16H23F2NO2/c1-16(2,3)9-12(10-20)19-15(21)7-5-11-4-6-13(17)14(18)8-11/h4,6,8,12,20H,5,7,9-10H2,1-3H3,(H,19,21). The van der Waals surface area contributed by atoms with Crippen LogP contribution in [0.15, 0.2) is 18.2 Å². The maximum absolute atomic E-state index is 13.0. The smallest absolute Gasteiger partial charge is 0.220 e. The van der Waals surface area contributed by atoms with E-state index in [1.165, 1.54) is 6.07 Å². The molecule has 1 unspecified atom stereocenters. The molecule has 0 aromatic heterocycles. The van der Waals surface area contributed by atoms with Crippen molar-refractivity contribution in [3.8, 4) is 0 Å². The van der Waals surface area contributed by atoms with E-state index in [9.17, 15) is 18.7 Å². The van der Waals surface area contributed by atoms with Gasteiger partial charge in [0.2, 0.25) is 5.91 Å². The second kappa shape index (κ2) is 7.50. The van der Waals surface area contributed by atoms with Crippen molar-refractivity contribution in [1.29, 1.82) is 0 Å². The summed E-state index contributed by atoms with van der Waals surface area (Å²) < 4.78 is 25.8. The zero-order chi connectivity index (χ0) is 16.0. The van der Waals surface area contributed by atoms with Gasteiger partial charge in [0.25, 0.3) is 0 Å². The van der Waals surface area contributed by atoms with Gasteiger partial charge in [-0.15, -0.1) is 0 Å². The Hall–Kier alpha value is -1.49. The number of carbonyl (C=O) groups excluding carboxylic acids is 1. The first-order valence-corrected chi connectivity index (χ1v) is 7.05. The van der Waals surface area contributed by atoms with E-state index in [-0.39, 0.29) is 30.4 Å². The highest BCUT2D eigenvalue weighted by Gasteiger charge is 2.19. The number of halogens is 2. The molecule has 0 aliphatic carbocycles. The van der Waals surface area contributed by atoms with E-state index in [0.717, 1.165) is 12.1 Å². The minimum absolute atomic E-state index is 0.000756. The molecule has 118 valence electrons. The molecule has 1 aromatic rings. The fourth-order valence-electron chi connectivity index (χ4n) is 2.15. The lowest BCUT2D eigenvalue weighted by Crippen LogP contribution is -2.40. The predicted molar refractivity (Wildman–Crippen MR) is 77.8 cm³/mol. The SMILES string of the molecule is CC(C)(C)CC(CO)NC(=O)CCc1ccc(F)c(F)c1. The summed E-state index contributed by atoms with van der Waals surface area (Å²) in [7, 11) is 0. The molecule has 0 aliphatic rings. The molecule has 1 amide bonds. The Morgan fingerprint density at radius 3 is 2.48 bits per heavy atom. The van der Waals surface area contributed by atoms with E-state index in [0.29, 0.717) is 18.4 Å². The summed E-state index contributed by atoms with van der Waals surface area (Å²) in [5.74, 6) is -2.01. The molecule has 0 saturated heterocycles. The van der Waals surface area contributed by atoms with E-state index in [2.05, 4.69) is 5.32 Å². The van der Waals surface area contributed by atoms with Crippen LogP contribution in [0, 0.1) is 17.0 Å². The van der Waals surface area contributed by atoms with Crippen LogP contribution in [0.25, 0.3) is 0 Å². The van der Waals surface area contributed by atoms with Gasteiger partial charge in [0, 0.05) is 6.42 Å². The lowest BCUT2D eigenvalue weighted by Gasteiger charge is -2.25. The third kappa shape index (κ3) is 6.67. The van der Waals surface area contributed by atoms with Crippen LogP contribution < -0.4 is 5.32 Å². The summed E-state index contributed by atoms with van der Waals surface area (Å²) in [5, 5.41) is 12.0. The first kappa shape index (κ1) is 17.6. The van der Waals surface area contributed by atoms with Crippen molar-refractivity contribution in [2.45, 2.75) is 46.1 Å². The van der Waals surface area contributed by atoms with Crippen LogP contribution in [0.2, 0.25) is 0 Å². The number of hydrogen-bond donors (Lipinski definition) is 2. The molecule has 0 fully saturated rings. The molecule has 0 aliphatic heterocycles. The molecular weight excluding hydrogens is 276 g/mol. The highest BCUT2D eigenvalue weighted by atomic mass is 19.2. The summed E-state index contributed by atoms with van der Waals surface area (Å²) in [6.45, 7) is 5.98. The molecule has 0 bridgehead atoms. The summed E-state index contributed by atoms with van der Waals surface area (Å²) in [6, 6.07) is 3.33. The number of hydrogen-bond acceptors (Lipinski definition) is 2. The van der Waals surface area contributed by atoms with E-state index in [1.54, 1.807) is 0 Å². The Bertz CT molecular complexity index is 484. The van der Waals surface area contributed by atoms with Gasteiger partial charge >= 0.3 is 0 Å². The van der Waals surface area contributed by atoms with Crippen LogP contribution in [0.1, 0.15) is 39.2 Å². The Labute approximate surface area is 124 Å². The van der Waals surface area contributed by atoms with Gasteiger partial charge in [-0.3, -0.25) is 4.79 Å².